The van der Waals surface area contributed by atoms with Gasteiger partial charge in [0.25, 0.3) is 0 Å². The fraction of sp³-hybridized carbons (Fsp3) is 0.529. The van der Waals surface area contributed by atoms with Crippen LogP contribution in [-0.2, 0) is 19.4 Å². The Labute approximate surface area is 142 Å². The van der Waals surface area contributed by atoms with Crippen molar-refractivity contribution in [2.45, 2.75) is 43.0 Å². The van der Waals surface area contributed by atoms with Gasteiger partial charge in [-0.25, -0.2) is 8.42 Å². The normalized spacial score (nSPS) is 22.1. The third-order valence-corrected chi connectivity index (χ3v) is 5.99. The van der Waals surface area contributed by atoms with Gasteiger partial charge in [-0.2, -0.15) is 0 Å². The highest BCUT2D eigenvalue weighted by Gasteiger charge is 2.38. The van der Waals surface area contributed by atoms with Crippen molar-refractivity contribution in [2.24, 2.45) is 5.92 Å². The van der Waals surface area contributed by atoms with E-state index in [1.807, 2.05) is 4.90 Å². The van der Waals surface area contributed by atoms with Crippen molar-refractivity contribution < 1.29 is 18.0 Å². The summed E-state index contributed by atoms with van der Waals surface area (Å²) in [7, 11) is -3.43. The third-order valence-electron chi connectivity index (χ3n) is 4.84. The number of nitrogens with one attached hydrogen (secondary N) is 1. The molecule has 1 aliphatic heterocycles. The highest BCUT2D eigenvalue weighted by atomic mass is 32.2. The Morgan fingerprint density at radius 3 is 2.54 bits per heavy atom. The molecule has 24 heavy (non-hydrogen) atoms. The Bertz CT molecular complexity index is 754. The molecule has 1 unspecified atom stereocenters. The summed E-state index contributed by atoms with van der Waals surface area (Å²) in [6, 6.07) is 6.59. The van der Waals surface area contributed by atoms with E-state index in [0.29, 0.717) is 6.54 Å². The fourth-order valence-electron chi connectivity index (χ4n) is 3.60. The quantitative estimate of drug-likeness (QED) is 0.898. The van der Waals surface area contributed by atoms with Gasteiger partial charge in [0.2, 0.25) is 11.8 Å². The summed E-state index contributed by atoms with van der Waals surface area (Å²) >= 11 is 0. The molecule has 3 rings (SSSR count). The molecule has 1 aromatic carbocycles. The number of para-hydroxylation sites is 1. The minimum atomic E-state index is -3.43. The van der Waals surface area contributed by atoms with Crippen LogP contribution in [0, 0.1) is 5.92 Å². The van der Waals surface area contributed by atoms with Crippen LogP contribution in [-0.4, -0.2) is 44.0 Å². The Kier molecular flexibility index (Phi) is 4.62. The van der Waals surface area contributed by atoms with Crippen LogP contribution in [0.25, 0.3) is 0 Å². The number of carbonyl (C=O) groups is 2. The van der Waals surface area contributed by atoms with Crippen LogP contribution in [0.4, 0.5) is 5.69 Å². The van der Waals surface area contributed by atoms with E-state index < -0.39 is 15.8 Å². The fourth-order valence-corrected chi connectivity index (χ4v) is 4.45. The molecule has 7 heteroatoms. The first kappa shape index (κ1) is 17.0. The molecule has 1 aliphatic carbocycles. The second-order valence-electron chi connectivity index (χ2n) is 6.64. The number of likely N-dealkylation sites (tertiary alicyclic amines) is 1. The van der Waals surface area contributed by atoms with Gasteiger partial charge in [-0.1, -0.05) is 25.0 Å². The highest BCUT2D eigenvalue weighted by Crippen LogP contribution is 2.30. The number of benzene rings is 1. The van der Waals surface area contributed by atoms with Crippen molar-refractivity contribution in [1.82, 2.24) is 4.90 Å². The summed E-state index contributed by atoms with van der Waals surface area (Å²) in [6.45, 7) is 0.427. The Hall–Kier alpha value is -1.89. The second kappa shape index (κ2) is 6.55. The Morgan fingerprint density at radius 2 is 1.88 bits per heavy atom. The van der Waals surface area contributed by atoms with Crippen molar-refractivity contribution in [1.29, 1.82) is 0 Å². The van der Waals surface area contributed by atoms with Gasteiger partial charge in [0.1, 0.15) is 0 Å². The van der Waals surface area contributed by atoms with E-state index in [-0.39, 0.29) is 34.9 Å². The molecule has 1 atom stereocenters. The topological polar surface area (TPSA) is 83.5 Å². The third kappa shape index (κ3) is 3.45. The predicted octanol–water partition coefficient (Wildman–Crippen LogP) is 1.82. The SMILES string of the molecule is CS(=O)(=O)c1ccccc1NC(=O)C1CC(=O)N(C2CCCC2)C1. The van der Waals surface area contributed by atoms with Crippen molar-refractivity contribution in [3.05, 3.63) is 24.3 Å². The largest absolute Gasteiger partial charge is 0.339 e. The number of carbonyl (C=O) groups excluding carboxylic acids is 2. The number of nitrogens with zero attached hydrogens (tertiary/aromatic N) is 1. The minimum Gasteiger partial charge on any atom is -0.339 e. The van der Waals surface area contributed by atoms with E-state index in [9.17, 15) is 18.0 Å². The molecule has 1 N–H and O–H groups in total. The van der Waals surface area contributed by atoms with Crippen LogP contribution in [0.15, 0.2) is 29.2 Å². The number of hydrogen-bond donors (Lipinski definition) is 1. The van der Waals surface area contributed by atoms with E-state index in [1.54, 1.807) is 18.2 Å². The molecular weight excluding hydrogens is 328 g/mol. The second-order valence-corrected chi connectivity index (χ2v) is 8.63. The number of sulfone groups is 1. The molecule has 1 saturated carbocycles. The summed E-state index contributed by atoms with van der Waals surface area (Å²) in [5.41, 5.74) is 0.275. The van der Waals surface area contributed by atoms with Crippen molar-refractivity contribution >= 4 is 27.3 Å². The first-order valence-corrected chi connectivity index (χ1v) is 10.1. The maximum atomic E-state index is 12.5. The maximum absolute atomic E-state index is 12.5. The molecule has 1 heterocycles. The van der Waals surface area contributed by atoms with Crippen LogP contribution in [0.5, 0.6) is 0 Å². The monoisotopic (exact) mass is 350 g/mol. The Morgan fingerprint density at radius 1 is 1.21 bits per heavy atom. The zero-order valence-electron chi connectivity index (χ0n) is 13.7. The standard InChI is InChI=1S/C17H22N2O4S/c1-24(22,23)15-9-5-4-8-14(15)18-17(21)12-10-16(20)19(11-12)13-6-2-3-7-13/h4-5,8-9,12-13H,2-3,6-7,10-11H2,1H3,(H,18,21). The van der Waals surface area contributed by atoms with E-state index in [4.69, 9.17) is 0 Å². The molecule has 2 aliphatic rings. The van der Waals surface area contributed by atoms with Crippen molar-refractivity contribution in [3.63, 3.8) is 0 Å². The van der Waals surface area contributed by atoms with Crippen LogP contribution >= 0.6 is 0 Å². The van der Waals surface area contributed by atoms with Gasteiger partial charge in [-0.05, 0) is 25.0 Å². The number of rotatable bonds is 4. The van der Waals surface area contributed by atoms with Gasteiger partial charge < -0.3 is 10.2 Å². The lowest BCUT2D eigenvalue weighted by Crippen LogP contribution is -2.35. The van der Waals surface area contributed by atoms with Gasteiger partial charge in [0.15, 0.2) is 9.84 Å². The molecule has 6 nitrogen and oxygen atoms in total. The molecular formula is C17H22N2O4S. The molecule has 0 aromatic heterocycles. The highest BCUT2D eigenvalue weighted by molar-refractivity contribution is 7.90. The molecule has 1 saturated heterocycles. The van der Waals surface area contributed by atoms with Gasteiger partial charge in [0.05, 0.1) is 16.5 Å². The van der Waals surface area contributed by atoms with Crippen LogP contribution in [0.2, 0.25) is 0 Å². The Balaban J connectivity index is 1.71. The summed E-state index contributed by atoms with van der Waals surface area (Å²) in [4.78, 5) is 26.6. The zero-order chi connectivity index (χ0) is 17.3. The zero-order valence-corrected chi connectivity index (χ0v) is 14.5. The van der Waals surface area contributed by atoms with Crippen molar-refractivity contribution in [2.75, 3.05) is 18.1 Å². The molecule has 1 aromatic rings. The number of amides is 2. The van der Waals surface area contributed by atoms with Crippen LogP contribution < -0.4 is 5.32 Å². The minimum absolute atomic E-state index is 0.0263. The summed E-state index contributed by atoms with van der Waals surface area (Å²) < 4.78 is 23.6. The van der Waals surface area contributed by atoms with Crippen molar-refractivity contribution in [3.8, 4) is 0 Å². The molecule has 130 valence electrons. The van der Waals surface area contributed by atoms with Gasteiger partial charge in [0, 0.05) is 25.3 Å². The lowest BCUT2D eigenvalue weighted by atomic mass is 10.1. The number of anilines is 1. The lowest BCUT2D eigenvalue weighted by Gasteiger charge is -2.24. The maximum Gasteiger partial charge on any atom is 0.229 e. The van der Waals surface area contributed by atoms with Crippen LogP contribution in [0.3, 0.4) is 0 Å². The summed E-state index contributed by atoms with van der Waals surface area (Å²) in [5.74, 6) is -0.691. The summed E-state index contributed by atoms with van der Waals surface area (Å²) in [5, 5.41) is 2.69. The predicted molar refractivity (Wildman–Crippen MR) is 90.3 cm³/mol. The average molecular weight is 350 g/mol. The van der Waals surface area contributed by atoms with E-state index in [2.05, 4.69) is 5.32 Å². The molecule has 0 spiro atoms. The lowest BCUT2D eigenvalue weighted by molar-refractivity contribution is -0.129. The molecule has 0 radical (unpaired) electrons. The average Bonchev–Trinajstić information content (AvgIpc) is 3.15. The molecule has 2 amide bonds. The number of hydrogen-bond acceptors (Lipinski definition) is 4. The molecule has 2 fully saturated rings. The van der Waals surface area contributed by atoms with Gasteiger partial charge in [-0.15, -0.1) is 0 Å². The first-order valence-electron chi connectivity index (χ1n) is 8.25. The van der Waals surface area contributed by atoms with E-state index in [1.165, 1.54) is 6.07 Å². The van der Waals surface area contributed by atoms with Gasteiger partial charge >= 0.3 is 0 Å². The molecule has 0 bridgehead atoms. The van der Waals surface area contributed by atoms with Gasteiger partial charge in [-0.3, -0.25) is 9.59 Å². The first-order chi connectivity index (χ1) is 11.4. The van der Waals surface area contributed by atoms with E-state index in [0.717, 1.165) is 31.9 Å². The van der Waals surface area contributed by atoms with E-state index >= 15 is 0 Å². The van der Waals surface area contributed by atoms with Crippen LogP contribution in [0.1, 0.15) is 32.1 Å². The smallest absolute Gasteiger partial charge is 0.229 e. The summed E-state index contributed by atoms with van der Waals surface area (Å²) in [6.07, 6.45) is 5.59.